The van der Waals surface area contributed by atoms with E-state index >= 15 is 0 Å². The maximum atomic E-state index is 11.3. The highest BCUT2D eigenvalue weighted by atomic mass is 16.5. The molecule has 1 unspecified atom stereocenters. The van der Waals surface area contributed by atoms with E-state index in [2.05, 4.69) is 0 Å². The first-order valence-corrected chi connectivity index (χ1v) is 5.25. The lowest BCUT2D eigenvalue weighted by Crippen LogP contribution is -2.52. The molecule has 0 aliphatic heterocycles. The zero-order valence-corrected chi connectivity index (χ0v) is 10.2. The number of hydrogen-bond donors (Lipinski definition) is 1. The van der Waals surface area contributed by atoms with Crippen molar-refractivity contribution in [3.05, 3.63) is 30.3 Å². The third kappa shape index (κ3) is 2.35. The first-order valence-electron chi connectivity index (χ1n) is 5.25. The predicted octanol–water partition coefficient (Wildman–Crippen LogP) is 2.95. The number of carboxylic acid groups (broad SMARTS) is 1. The number of para-hydroxylation sites is 1. The molecule has 0 fully saturated rings. The van der Waals surface area contributed by atoms with Crippen LogP contribution in [-0.2, 0) is 4.79 Å². The largest absolute Gasteiger partial charge is 0.478 e. The maximum Gasteiger partial charge on any atom is 0.348 e. The number of rotatable bonds is 3. The van der Waals surface area contributed by atoms with Crippen LogP contribution < -0.4 is 4.74 Å². The Morgan fingerprint density at radius 3 is 2.00 bits per heavy atom. The molecular formula is C13H18O3. The number of benzene rings is 1. The van der Waals surface area contributed by atoms with Crippen LogP contribution in [0.1, 0.15) is 27.7 Å². The van der Waals surface area contributed by atoms with E-state index in [-0.39, 0.29) is 0 Å². The molecule has 0 bridgehead atoms. The van der Waals surface area contributed by atoms with Crippen molar-refractivity contribution in [2.75, 3.05) is 0 Å². The molecule has 1 aromatic rings. The van der Waals surface area contributed by atoms with Crippen molar-refractivity contribution in [1.29, 1.82) is 0 Å². The summed E-state index contributed by atoms with van der Waals surface area (Å²) < 4.78 is 5.63. The van der Waals surface area contributed by atoms with Gasteiger partial charge in [-0.2, -0.15) is 0 Å². The van der Waals surface area contributed by atoms with Crippen molar-refractivity contribution < 1.29 is 14.6 Å². The molecule has 0 radical (unpaired) electrons. The second-order valence-corrected chi connectivity index (χ2v) is 5.00. The molecule has 0 aromatic heterocycles. The van der Waals surface area contributed by atoms with E-state index in [1.807, 2.05) is 39.0 Å². The summed E-state index contributed by atoms with van der Waals surface area (Å²) in [7, 11) is 0. The zero-order valence-electron chi connectivity index (χ0n) is 10.2. The SMILES string of the molecule is CC(C)(C)C(C)(Oc1ccccc1)C(=O)O. The molecule has 0 saturated heterocycles. The minimum absolute atomic E-state index is 0.491. The van der Waals surface area contributed by atoms with Crippen molar-refractivity contribution in [3.63, 3.8) is 0 Å². The van der Waals surface area contributed by atoms with Gasteiger partial charge < -0.3 is 9.84 Å². The third-order valence-corrected chi connectivity index (χ3v) is 2.90. The molecule has 0 aliphatic carbocycles. The van der Waals surface area contributed by atoms with E-state index in [1.54, 1.807) is 19.1 Å². The molecule has 0 aliphatic rings. The van der Waals surface area contributed by atoms with Crippen LogP contribution in [0.25, 0.3) is 0 Å². The molecule has 16 heavy (non-hydrogen) atoms. The monoisotopic (exact) mass is 222 g/mol. The van der Waals surface area contributed by atoms with Crippen molar-refractivity contribution >= 4 is 5.97 Å². The number of carboxylic acids is 1. The van der Waals surface area contributed by atoms with Gasteiger partial charge in [-0.05, 0) is 19.1 Å². The molecule has 3 heteroatoms. The number of ether oxygens (including phenoxy) is 1. The Labute approximate surface area is 96.1 Å². The van der Waals surface area contributed by atoms with Crippen molar-refractivity contribution in [2.45, 2.75) is 33.3 Å². The van der Waals surface area contributed by atoms with E-state index in [1.165, 1.54) is 0 Å². The minimum atomic E-state index is -1.24. The van der Waals surface area contributed by atoms with Gasteiger partial charge in [0.2, 0.25) is 5.60 Å². The van der Waals surface area contributed by atoms with E-state index < -0.39 is 17.0 Å². The fourth-order valence-corrected chi connectivity index (χ4v) is 1.24. The van der Waals surface area contributed by atoms with E-state index in [0.29, 0.717) is 5.75 Å². The van der Waals surface area contributed by atoms with E-state index in [4.69, 9.17) is 4.74 Å². The van der Waals surface area contributed by atoms with Gasteiger partial charge in [0.05, 0.1) is 0 Å². The molecule has 1 N–H and O–H groups in total. The molecule has 0 heterocycles. The van der Waals surface area contributed by atoms with Gasteiger partial charge in [-0.15, -0.1) is 0 Å². The van der Waals surface area contributed by atoms with Gasteiger partial charge in [0, 0.05) is 5.41 Å². The molecule has 0 spiro atoms. The summed E-state index contributed by atoms with van der Waals surface area (Å²) in [6, 6.07) is 9.02. The molecule has 1 atom stereocenters. The van der Waals surface area contributed by atoms with Crippen molar-refractivity contribution in [1.82, 2.24) is 0 Å². The van der Waals surface area contributed by atoms with Crippen LogP contribution in [-0.4, -0.2) is 16.7 Å². The highest BCUT2D eigenvalue weighted by molar-refractivity contribution is 5.78. The summed E-state index contributed by atoms with van der Waals surface area (Å²) in [4.78, 5) is 11.3. The van der Waals surface area contributed by atoms with Gasteiger partial charge in [-0.25, -0.2) is 4.79 Å². The quantitative estimate of drug-likeness (QED) is 0.855. The van der Waals surface area contributed by atoms with Gasteiger partial charge in [0.25, 0.3) is 0 Å². The first kappa shape index (κ1) is 12.6. The lowest BCUT2D eigenvalue weighted by Gasteiger charge is -2.38. The molecule has 1 aromatic carbocycles. The van der Waals surface area contributed by atoms with Crippen molar-refractivity contribution in [2.24, 2.45) is 5.41 Å². The second kappa shape index (κ2) is 4.16. The Hall–Kier alpha value is -1.51. The van der Waals surface area contributed by atoms with Gasteiger partial charge in [0.15, 0.2) is 0 Å². The first-order chi connectivity index (χ1) is 7.27. The summed E-state index contributed by atoms with van der Waals surface area (Å²) in [6.07, 6.45) is 0. The topological polar surface area (TPSA) is 46.5 Å². The maximum absolute atomic E-state index is 11.3. The Morgan fingerprint density at radius 1 is 1.12 bits per heavy atom. The van der Waals surface area contributed by atoms with Gasteiger partial charge in [-0.1, -0.05) is 39.0 Å². The Balaban J connectivity index is 3.03. The van der Waals surface area contributed by atoms with Crippen LogP contribution in [0.5, 0.6) is 5.75 Å². The molecule has 1 rings (SSSR count). The highest BCUT2D eigenvalue weighted by Gasteiger charge is 2.47. The second-order valence-electron chi connectivity index (χ2n) is 5.00. The van der Waals surface area contributed by atoms with Gasteiger partial charge >= 0.3 is 5.97 Å². The Bertz CT molecular complexity index is 365. The zero-order chi connectivity index (χ0) is 12.4. The molecular weight excluding hydrogens is 204 g/mol. The summed E-state index contributed by atoms with van der Waals surface area (Å²) >= 11 is 0. The number of aliphatic carboxylic acids is 1. The third-order valence-electron chi connectivity index (χ3n) is 2.90. The highest BCUT2D eigenvalue weighted by Crippen LogP contribution is 2.34. The van der Waals surface area contributed by atoms with Crippen molar-refractivity contribution in [3.8, 4) is 5.75 Å². The average Bonchev–Trinajstić information content (AvgIpc) is 2.17. The molecule has 3 nitrogen and oxygen atoms in total. The Kier molecular flexibility index (Phi) is 3.27. The predicted molar refractivity (Wildman–Crippen MR) is 62.6 cm³/mol. The normalized spacial score (nSPS) is 15.2. The average molecular weight is 222 g/mol. The van der Waals surface area contributed by atoms with Gasteiger partial charge in [0.1, 0.15) is 5.75 Å². The van der Waals surface area contributed by atoms with Crippen LogP contribution in [0, 0.1) is 5.41 Å². The fraction of sp³-hybridized carbons (Fsp3) is 0.462. The minimum Gasteiger partial charge on any atom is -0.478 e. The van der Waals surface area contributed by atoms with Gasteiger partial charge in [-0.3, -0.25) is 0 Å². The van der Waals surface area contributed by atoms with E-state index in [0.717, 1.165) is 0 Å². The van der Waals surface area contributed by atoms with Crippen LogP contribution >= 0.6 is 0 Å². The molecule has 88 valence electrons. The smallest absolute Gasteiger partial charge is 0.348 e. The van der Waals surface area contributed by atoms with Crippen LogP contribution in [0.2, 0.25) is 0 Å². The summed E-state index contributed by atoms with van der Waals surface area (Å²) in [6.45, 7) is 7.15. The summed E-state index contributed by atoms with van der Waals surface area (Å²) in [5, 5.41) is 9.30. The lowest BCUT2D eigenvalue weighted by molar-refractivity contribution is -0.163. The lowest BCUT2D eigenvalue weighted by atomic mass is 9.77. The fourth-order valence-electron chi connectivity index (χ4n) is 1.24. The van der Waals surface area contributed by atoms with Crippen LogP contribution in [0.4, 0.5) is 0 Å². The molecule has 0 amide bonds. The van der Waals surface area contributed by atoms with Crippen LogP contribution in [0.3, 0.4) is 0 Å². The van der Waals surface area contributed by atoms with E-state index in [9.17, 15) is 9.90 Å². The summed E-state index contributed by atoms with van der Waals surface area (Å²) in [5.41, 5.74) is -1.73. The van der Waals surface area contributed by atoms with Crippen LogP contribution in [0.15, 0.2) is 30.3 Å². The number of hydrogen-bond acceptors (Lipinski definition) is 2. The summed E-state index contributed by atoms with van der Waals surface area (Å²) in [5.74, 6) is -0.383. The standard InChI is InChI=1S/C13H18O3/c1-12(2,3)13(4,11(14)15)16-10-8-6-5-7-9-10/h5-9H,1-4H3,(H,14,15). The Morgan fingerprint density at radius 2 is 1.62 bits per heavy atom. The molecule has 0 saturated carbocycles. The number of carbonyl (C=O) groups is 1.